The van der Waals surface area contributed by atoms with Gasteiger partial charge >= 0.3 is 0 Å². The van der Waals surface area contributed by atoms with Gasteiger partial charge in [0.15, 0.2) is 0 Å². The SMILES string of the molecule is Cc1cc(I)c(O)c(I)c1O. The molecule has 0 amide bonds. The van der Waals surface area contributed by atoms with Gasteiger partial charge < -0.3 is 10.2 Å². The summed E-state index contributed by atoms with van der Waals surface area (Å²) in [5, 5.41) is 18.7. The van der Waals surface area contributed by atoms with Gasteiger partial charge in [0.1, 0.15) is 11.5 Å². The smallest absolute Gasteiger partial charge is 0.145 e. The van der Waals surface area contributed by atoms with Crippen LogP contribution in [0.25, 0.3) is 0 Å². The van der Waals surface area contributed by atoms with Crippen molar-refractivity contribution in [3.63, 3.8) is 0 Å². The number of phenols is 2. The average Bonchev–Trinajstić information content (AvgIpc) is 1.97. The predicted octanol–water partition coefficient (Wildman–Crippen LogP) is 2.62. The Bertz CT molecular complexity index is 271. The first kappa shape index (κ1) is 9.37. The highest BCUT2D eigenvalue weighted by molar-refractivity contribution is 14.1. The lowest BCUT2D eigenvalue weighted by molar-refractivity contribution is 0.438. The summed E-state index contributed by atoms with van der Waals surface area (Å²) in [5.41, 5.74) is 0.789. The second-order valence-corrected chi connectivity index (χ2v) is 4.43. The van der Waals surface area contributed by atoms with E-state index in [1.54, 1.807) is 13.0 Å². The van der Waals surface area contributed by atoms with Gasteiger partial charge in [-0.1, -0.05) is 0 Å². The zero-order chi connectivity index (χ0) is 8.59. The molecule has 0 aromatic heterocycles. The first-order valence-electron chi connectivity index (χ1n) is 2.90. The molecule has 2 nitrogen and oxygen atoms in total. The van der Waals surface area contributed by atoms with Gasteiger partial charge in [-0.2, -0.15) is 0 Å². The molecule has 0 saturated heterocycles. The molecule has 0 saturated carbocycles. The normalized spacial score (nSPS) is 10.1. The van der Waals surface area contributed by atoms with Crippen molar-refractivity contribution in [1.82, 2.24) is 0 Å². The molecule has 0 fully saturated rings. The lowest BCUT2D eigenvalue weighted by atomic mass is 10.2. The first-order chi connectivity index (χ1) is 5.04. The van der Waals surface area contributed by atoms with Crippen LogP contribution in [0.2, 0.25) is 0 Å². The largest absolute Gasteiger partial charge is 0.506 e. The predicted molar refractivity (Wildman–Crippen MR) is 59.9 cm³/mol. The molecule has 1 rings (SSSR count). The van der Waals surface area contributed by atoms with Gasteiger partial charge in [0.05, 0.1) is 7.14 Å². The van der Waals surface area contributed by atoms with Crippen LogP contribution in [0.15, 0.2) is 6.07 Å². The minimum absolute atomic E-state index is 0.161. The maximum atomic E-state index is 9.34. The van der Waals surface area contributed by atoms with Gasteiger partial charge in [0.25, 0.3) is 0 Å². The summed E-state index contributed by atoms with van der Waals surface area (Å²) in [5.74, 6) is 0.331. The zero-order valence-electron chi connectivity index (χ0n) is 5.73. The Kier molecular flexibility index (Phi) is 2.84. The number of phenolic OH excluding ortho intramolecular Hbond substituents is 2. The highest BCUT2D eigenvalue weighted by Gasteiger charge is 2.10. The summed E-state index contributed by atoms with van der Waals surface area (Å²) in [4.78, 5) is 0. The topological polar surface area (TPSA) is 40.5 Å². The molecule has 4 heteroatoms. The van der Waals surface area contributed by atoms with Crippen LogP contribution in [0, 0.1) is 14.1 Å². The summed E-state index contributed by atoms with van der Waals surface area (Å²) in [7, 11) is 0. The van der Waals surface area contributed by atoms with E-state index in [4.69, 9.17) is 0 Å². The summed E-state index contributed by atoms with van der Waals surface area (Å²) in [6.07, 6.45) is 0. The molecule has 0 aliphatic carbocycles. The Balaban J connectivity index is 3.46. The fraction of sp³-hybridized carbons (Fsp3) is 0.143. The molecule has 0 unspecified atom stereocenters. The van der Waals surface area contributed by atoms with Crippen molar-refractivity contribution in [3.8, 4) is 11.5 Å². The van der Waals surface area contributed by atoms with E-state index in [1.807, 2.05) is 45.2 Å². The number of benzene rings is 1. The number of hydrogen-bond acceptors (Lipinski definition) is 2. The van der Waals surface area contributed by atoms with E-state index in [9.17, 15) is 10.2 Å². The Labute approximate surface area is 91.9 Å². The molecule has 0 radical (unpaired) electrons. The van der Waals surface area contributed by atoms with Crippen molar-refractivity contribution >= 4 is 45.2 Å². The van der Waals surface area contributed by atoms with Crippen molar-refractivity contribution < 1.29 is 10.2 Å². The third-order valence-electron chi connectivity index (χ3n) is 1.36. The van der Waals surface area contributed by atoms with Gasteiger partial charge in [-0.25, -0.2) is 0 Å². The fourth-order valence-electron chi connectivity index (χ4n) is 0.717. The van der Waals surface area contributed by atoms with E-state index in [-0.39, 0.29) is 11.5 Å². The number of halogens is 2. The first-order valence-corrected chi connectivity index (χ1v) is 5.06. The van der Waals surface area contributed by atoms with Crippen LogP contribution in [-0.2, 0) is 0 Å². The van der Waals surface area contributed by atoms with Gasteiger partial charge in [0.2, 0.25) is 0 Å². The average molecular weight is 376 g/mol. The van der Waals surface area contributed by atoms with Crippen LogP contribution < -0.4 is 0 Å². The summed E-state index contributed by atoms with van der Waals surface area (Å²) < 4.78 is 1.29. The van der Waals surface area contributed by atoms with Crippen molar-refractivity contribution in [1.29, 1.82) is 0 Å². The van der Waals surface area contributed by atoms with Crippen LogP contribution in [0.4, 0.5) is 0 Å². The molecular formula is C7H6I2O2. The van der Waals surface area contributed by atoms with Crippen molar-refractivity contribution in [2.24, 2.45) is 0 Å². The second-order valence-electron chi connectivity index (χ2n) is 2.19. The molecule has 60 valence electrons. The summed E-state index contributed by atoms with van der Waals surface area (Å²) in [6, 6.07) is 1.74. The maximum absolute atomic E-state index is 9.34. The van der Waals surface area contributed by atoms with Crippen molar-refractivity contribution in [3.05, 3.63) is 18.8 Å². The standard InChI is InChI=1S/C7H6I2O2/c1-3-2-4(8)7(11)5(9)6(3)10/h2,10-11H,1H3. The monoisotopic (exact) mass is 376 g/mol. The van der Waals surface area contributed by atoms with Gasteiger partial charge in [-0.05, 0) is 63.7 Å². The van der Waals surface area contributed by atoms with Crippen LogP contribution in [0.5, 0.6) is 11.5 Å². The minimum Gasteiger partial charge on any atom is -0.506 e. The molecule has 0 heterocycles. The molecule has 0 aliphatic rings. The lowest BCUT2D eigenvalue weighted by Gasteiger charge is -2.05. The number of hydrogen-bond donors (Lipinski definition) is 2. The van der Waals surface area contributed by atoms with E-state index in [2.05, 4.69) is 0 Å². The van der Waals surface area contributed by atoms with E-state index >= 15 is 0 Å². The van der Waals surface area contributed by atoms with Gasteiger partial charge in [-0.3, -0.25) is 0 Å². The minimum atomic E-state index is 0.161. The molecule has 0 spiro atoms. The zero-order valence-corrected chi connectivity index (χ0v) is 10.0. The van der Waals surface area contributed by atoms with Crippen LogP contribution in [0.1, 0.15) is 5.56 Å². The van der Waals surface area contributed by atoms with Gasteiger partial charge in [0, 0.05) is 0 Å². The summed E-state index contributed by atoms with van der Waals surface area (Å²) in [6.45, 7) is 1.80. The lowest BCUT2D eigenvalue weighted by Crippen LogP contribution is -1.84. The Morgan fingerprint density at radius 2 is 1.73 bits per heavy atom. The quantitative estimate of drug-likeness (QED) is 0.684. The highest BCUT2D eigenvalue weighted by atomic mass is 127. The Morgan fingerprint density at radius 3 is 2.27 bits per heavy atom. The van der Waals surface area contributed by atoms with Crippen molar-refractivity contribution in [2.45, 2.75) is 6.92 Å². The summed E-state index contributed by atoms with van der Waals surface area (Å²) >= 11 is 3.94. The van der Waals surface area contributed by atoms with Crippen LogP contribution in [-0.4, -0.2) is 10.2 Å². The fourth-order valence-corrected chi connectivity index (χ4v) is 2.69. The van der Waals surface area contributed by atoms with Crippen molar-refractivity contribution in [2.75, 3.05) is 0 Å². The van der Waals surface area contributed by atoms with Crippen LogP contribution >= 0.6 is 45.2 Å². The Morgan fingerprint density at radius 1 is 1.18 bits per heavy atom. The number of rotatable bonds is 0. The van der Waals surface area contributed by atoms with Crippen LogP contribution in [0.3, 0.4) is 0 Å². The number of aryl methyl sites for hydroxylation is 1. The number of aromatic hydroxyl groups is 2. The van der Waals surface area contributed by atoms with E-state index in [1.165, 1.54) is 0 Å². The molecular weight excluding hydrogens is 370 g/mol. The van der Waals surface area contributed by atoms with E-state index < -0.39 is 0 Å². The molecule has 11 heavy (non-hydrogen) atoms. The van der Waals surface area contributed by atoms with Gasteiger partial charge in [-0.15, -0.1) is 0 Å². The molecule has 0 aliphatic heterocycles. The molecule has 2 N–H and O–H groups in total. The highest BCUT2D eigenvalue weighted by Crippen LogP contribution is 2.35. The van der Waals surface area contributed by atoms with E-state index in [0.29, 0.717) is 3.57 Å². The third-order valence-corrected chi connectivity index (χ3v) is 3.20. The molecule has 0 bridgehead atoms. The Hall–Kier alpha value is 0.280. The third kappa shape index (κ3) is 1.71. The maximum Gasteiger partial charge on any atom is 0.145 e. The van der Waals surface area contributed by atoms with E-state index in [0.717, 1.165) is 9.13 Å². The molecule has 1 aromatic carbocycles. The molecule has 0 atom stereocenters. The second kappa shape index (κ2) is 3.34. The molecule has 1 aromatic rings.